The Bertz CT molecular complexity index is 316. The first-order valence-electron chi connectivity index (χ1n) is 3.05. The number of hydrogen-bond acceptors (Lipinski definition) is 5. The van der Waals surface area contributed by atoms with Crippen LogP contribution < -0.4 is 5.73 Å². The number of nitrogens with zero attached hydrogens (tertiary/aromatic N) is 2. The quantitative estimate of drug-likeness (QED) is 0.651. The van der Waals surface area contributed by atoms with Crippen molar-refractivity contribution < 1.29 is 9.90 Å². The van der Waals surface area contributed by atoms with E-state index >= 15 is 0 Å². The lowest BCUT2D eigenvalue weighted by atomic mass is 10.4. The lowest BCUT2D eigenvalue weighted by Crippen LogP contribution is -2.07. The van der Waals surface area contributed by atoms with E-state index in [1.54, 1.807) is 6.26 Å². The maximum atomic E-state index is 10.5. The van der Waals surface area contributed by atoms with Gasteiger partial charge in [-0.15, -0.1) is 11.8 Å². The van der Waals surface area contributed by atoms with Gasteiger partial charge < -0.3 is 10.8 Å². The molecule has 12 heavy (non-hydrogen) atoms. The number of rotatable bonds is 2. The number of aromatic carboxylic acids is 1. The number of anilines is 1. The molecule has 0 aliphatic rings. The van der Waals surface area contributed by atoms with Crippen LogP contribution in [0.3, 0.4) is 0 Å². The molecule has 0 aliphatic carbocycles. The second kappa shape index (κ2) is 3.40. The molecule has 0 saturated carbocycles. The van der Waals surface area contributed by atoms with Gasteiger partial charge in [-0.3, -0.25) is 0 Å². The third kappa shape index (κ3) is 1.65. The molecule has 0 saturated heterocycles. The summed E-state index contributed by atoms with van der Waals surface area (Å²) in [5.41, 5.74) is 5.09. The van der Waals surface area contributed by atoms with Gasteiger partial charge in [0.2, 0.25) is 0 Å². The lowest BCUT2D eigenvalue weighted by Gasteiger charge is -1.99. The highest BCUT2D eigenvalue weighted by Crippen LogP contribution is 2.13. The number of carbonyl (C=O) groups is 1. The van der Waals surface area contributed by atoms with Gasteiger partial charge in [-0.25, -0.2) is 14.8 Å². The molecule has 64 valence electrons. The summed E-state index contributed by atoms with van der Waals surface area (Å²) in [4.78, 5) is 17.9. The average Bonchev–Trinajstić information content (AvgIpc) is 2.05. The standard InChI is InChI=1S/C6H7N3O2S/c1-12-3-2-8-5(7)4(9-3)6(10)11/h2H,1H3,(H2,7,8)(H,10,11). The predicted molar refractivity (Wildman–Crippen MR) is 45.2 cm³/mol. The molecular weight excluding hydrogens is 178 g/mol. The molecule has 0 spiro atoms. The molecule has 5 nitrogen and oxygen atoms in total. The molecule has 6 heteroatoms. The van der Waals surface area contributed by atoms with Gasteiger partial charge in [0.1, 0.15) is 5.03 Å². The first-order valence-corrected chi connectivity index (χ1v) is 4.27. The molecule has 1 aromatic heterocycles. The van der Waals surface area contributed by atoms with Crippen LogP contribution in [-0.2, 0) is 0 Å². The summed E-state index contributed by atoms with van der Waals surface area (Å²) in [6.45, 7) is 0. The summed E-state index contributed by atoms with van der Waals surface area (Å²) in [5, 5.41) is 9.14. The molecule has 0 radical (unpaired) electrons. The van der Waals surface area contributed by atoms with E-state index in [0.29, 0.717) is 5.03 Å². The Morgan fingerprint density at radius 2 is 2.42 bits per heavy atom. The average molecular weight is 185 g/mol. The highest BCUT2D eigenvalue weighted by Gasteiger charge is 2.11. The van der Waals surface area contributed by atoms with Crippen LogP contribution >= 0.6 is 11.8 Å². The molecular formula is C6H7N3O2S. The minimum absolute atomic E-state index is 0.0553. The summed E-state index contributed by atoms with van der Waals surface area (Å²) < 4.78 is 0. The first kappa shape index (κ1) is 8.79. The van der Waals surface area contributed by atoms with Gasteiger partial charge in [-0.1, -0.05) is 0 Å². The van der Waals surface area contributed by atoms with Crippen molar-refractivity contribution in [1.82, 2.24) is 9.97 Å². The number of carboxylic acid groups (broad SMARTS) is 1. The van der Waals surface area contributed by atoms with E-state index in [4.69, 9.17) is 10.8 Å². The van der Waals surface area contributed by atoms with E-state index in [-0.39, 0.29) is 11.5 Å². The van der Waals surface area contributed by atoms with Gasteiger partial charge >= 0.3 is 5.97 Å². The van der Waals surface area contributed by atoms with Crippen molar-refractivity contribution in [1.29, 1.82) is 0 Å². The first-order chi connectivity index (χ1) is 5.65. The highest BCUT2D eigenvalue weighted by molar-refractivity contribution is 7.98. The van der Waals surface area contributed by atoms with E-state index in [9.17, 15) is 4.79 Å². The molecule has 0 fully saturated rings. The van der Waals surface area contributed by atoms with Crippen molar-refractivity contribution in [2.24, 2.45) is 0 Å². The van der Waals surface area contributed by atoms with Crippen LogP contribution in [0.25, 0.3) is 0 Å². The number of aromatic nitrogens is 2. The Kier molecular flexibility index (Phi) is 2.49. The van der Waals surface area contributed by atoms with E-state index in [1.807, 2.05) is 0 Å². The summed E-state index contributed by atoms with van der Waals surface area (Å²) >= 11 is 1.32. The van der Waals surface area contributed by atoms with Gasteiger partial charge in [0, 0.05) is 0 Å². The molecule has 1 rings (SSSR count). The number of hydrogen-bond donors (Lipinski definition) is 2. The number of carboxylic acids is 1. The van der Waals surface area contributed by atoms with Crippen molar-refractivity contribution >= 4 is 23.5 Å². The monoisotopic (exact) mass is 185 g/mol. The molecule has 3 N–H and O–H groups in total. The maximum Gasteiger partial charge on any atom is 0.358 e. The van der Waals surface area contributed by atoms with Crippen molar-refractivity contribution in [2.75, 3.05) is 12.0 Å². The van der Waals surface area contributed by atoms with Crippen LogP contribution in [0.1, 0.15) is 10.5 Å². The maximum absolute atomic E-state index is 10.5. The van der Waals surface area contributed by atoms with Crippen molar-refractivity contribution in [3.05, 3.63) is 11.9 Å². The fourth-order valence-electron chi connectivity index (χ4n) is 0.638. The van der Waals surface area contributed by atoms with Crippen molar-refractivity contribution in [2.45, 2.75) is 5.03 Å². The van der Waals surface area contributed by atoms with Gasteiger partial charge in [-0.2, -0.15) is 0 Å². The Labute approximate surface area is 73.0 Å². The SMILES string of the molecule is CSc1cnc(N)c(C(=O)O)n1. The van der Waals surface area contributed by atoms with Crippen molar-refractivity contribution in [3.63, 3.8) is 0 Å². The molecule has 0 amide bonds. The van der Waals surface area contributed by atoms with E-state index in [2.05, 4.69) is 9.97 Å². The highest BCUT2D eigenvalue weighted by atomic mass is 32.2. The van der Waals surface area contributed by atoms with Gasteiger partial charge in [0.05, 0.1) is 6.20 Å². The van der Waals surface area contributed by atoms with Gasteiger partial charge in [0.15, 0.2) is 11.5 Å². The summed E-state index contributed by atoms with van der Waals surface area (Å²) in [6.07, 6.45) is 3.22. The fraction of sp³-hybridized carbons (Fsp3) is 0.167. The van der Waals surface area contributed by atoms with E-state index < -0.39 is 5.97 Å². The third-order valence-corrected chi connectivity index (χ3v) is 1.81. The second-order valence-corrected chi connectivity index (χ2v) is 2.78. The fourth-order valence-corrected chi connectivity index (χ4v) is 0.979. The van der Waals surface area contributed by atoms with Gasteiger partial charge in [-0.05, 0) is 6.26 Å². The Morgan fingerprint density at radius 3 is 2.92 bits per heavy atom. The van der Waals surface area contributed by atoms with Crippen LogP contribution in [0.5, 0.6) is 0 Å². The second-order valence-electron chi connectivity index (χ2n) is 1.95. The number of thioether (sulfide) groups is 1. The molecule has 0 aromatic carbocycles. The zero-order chi connectivity index (χ0) is 9.14. The normalized spacial score (nSPS) is 9.75. The molecule has 1 aromatic rings. The zero-order valence-corrected chi connectivity index (χ0v) is 7.13. The molecule has 0 atom stereocenters. The molecule has 0 bridgehead atoms. The molecule has 0 aliphatic heterocycles. The topological polar surface area (TPSA) is 89.1 Å². The summed E-state index contributed by atoms with van der Waals surface area (Å²) in [6, 6.07) is 0. The van der Waals surface area contributed by atoms with Crippen LogP contribution in [-0.4, -0.2) is 27.3 Å². The minimum atomic E-state index is -1.16. The van der Waals surface area contributed by atoms with Crippen LogP contribution in [0.4, 0.5) is 5.82 Å². The van der Waals surface area contributed by atoms with Crippen molar-refractivity contribution in [3.8, 4) is 0 Å². The minimum Gasteiger partial charge on any atom is -0.476 e. The largest absolute Gasteiger partial charge is 0.476 e. The molecule has 0 unspecified atom stereocenters. The van der Waals surface area contributed by atoms with Gasteiger partial charge in [0.25, 0.3) is 0 Å². The van der Waals surface area contributed by atoms with Crippen LogP contribution in [0.15, 0.2) is 11.2 Å². The predicted octanol–water partition coefficient (Wildman–Crippen LogP) is 0.479. The number of nitrogens with two attached hydrogens (primary N) is 1. The summed E-state index contributed by atoms with van der Waals surface area (Å²) in [7, 11) is 0. The lowest BCUT2D eigenvalue weighted by molar-refractivity contribution is 0.0690. The Hall–Kier alpha value is -1.30. The molecule has 1 heterocycles. The Morgan fingerprint density at radius 1 is 1.75 bits per heavy atom. The third-order valence-electron chi connectivity index (χ3n) is 1.19. The summed E-state index contributed by atoms with van der Waals surface area (Å²) in [5.74, 6) is -1.21. The number of nitrogen functional groups attached to an aromatic ring is 1. The van der Waals surface area contributed by atoms with E-state index in [1.165, 1.54) is 18.0 Å². The van der Waals surface area contributed by atoms with Crippen LogP contribution in [0, 0.1) is 0 Å². The van der Waals surface area contributed by atoms with E-state index in [0.717, 1.165) is 0 Å². The smallest absolute Gasteiger partial charge is 0.358 e. The zero-order valence-electron chi connectivity index (χ0n) is 6.31. The Balaban J connectivity index is 3.17. The van der Waals surface area contributed by atoms with Crippen LogP contribution in [0.2, 0.25) is 0 Å².